The summed E-state index contributed by atoms with van der Waals surface area (Å²) < 4.78 is 19.5. The van der Waals surface area contributed by atoms with E-state index in [-0.39, 0.29) is 12.0 Å². The van der Waals surface area contributed by atoms with E-state index in [1.807, 2.05) is 57.2 Å². The number of rotatable bonds is 12. The predicted molar refractivity (Wildman–Crippen MR) is 210 cm³/mol. The first kappa shape index (κ1) is 38.4. The number of aromatic nitrogens is 4. The molecule has 0 bridgehead atoms. The minimum absolute atomic E-state index is 0.259. The first-order valence-electron chi connectivity index (χ1n) is 18.6. The molecule has 2 fully saturated rings. The van der Waals surface area contributed by atoms with Crippen LogP contribution in [0.15, 0.2) is 55.0 Å². The van der Waals surface area contributed by atoms with E-state index >= 15 is 0 Å². The number of morpholine rings is 1. The van der Waals surface area contributed by atoms with Gasteiger partial charge >= 0.3 is 6.09 Å². The number of hydrogen-bond acceptors (Lipinski definition) is 10. The van der Waals surface area contributed by atoms with Gasteiger partial charge in [-0.2, -0.15) is 0 Å². The monoisotopic (exact) mass is 742 g/mol. The zero-order chi connectivity index (χ0) is 37.6. The summed E-state index contributed by atoms with van der Waals surface area (Å²) in [4.78, 5) is 45.8. The number of piperazine rings is 1. The fourth-order valence-electron chi connectivity index (χ4n) is 6.42. The summed E-state index contributed by atoms with van der Waals surface area (Å²) >= 11 is 0. The number of anilines is 2. The van der Waals surface area contributed by atoms with Crippen molar-refractivity contribution >= 4 is 42.6 Å². The van der Waals surface area contributed by atoms with Crippen LogP contribution in [0.25, 0.3) is 22.3 Å². The molecule has 13 nitrogen and oxygen atoms in total. The number of nitrogens with zero attached hydrogens (tertiary/aromatic N) is 7. The molecule has 3 aromatic heterocycles. The number of fused-ring (bicyclic) bond motifs is 1. The van der Waals surface area contributed by atoms with Gasteiger partial charge in [0.1, 0.15) is 35.8 Å². The molecule has 284 valence electrons. The van der Waals surface area contributed by atoms with Crippen LogP contribution < -0.4 is 10.2 Å². The smallest absolute Gasteiger partial charge is 0.410 e. The molecule has 0 aliphatic carbocycles. The topological polar surface area (TPSA) is 127 Å². The van der Waals surface area contributed by atoms with Gasteiger partial charge in [0.05, 0.1) is 24.3 Å². The molecule has 14 heteroatoms. The standard InChI is InChI=1S/C39H54N8O5Si/c1-39(2,3)52-38(49)46-17-15-44(16-18-46)14-12-29-11-13-40-33(25-29)37(48)43-31-9-7-30(8-10-31)34-26-32-35(45-19-21-50-22-20-45)41-27-42-36(32)47(34)28-51-23-24-53(4,5)6/h7-11,13,25-27H,12,14-24,28H2,1-6H3,(H,43,48). The van der Waals surface area contributed by atoms with E-state index in [2.05, 4.69) is 55.4 Å². The summed E-state index contributed by atoms with van der Waals surface area (Å²) in [5.74, 6) is 0.640. The lowest BCUT2D eigenvalue weighted by Gasteiger charge is -2.35. The number of amides is 2. The molecule has 0 radical (unpaired) electrons. The number of carbonyl (C=O) groups excluding carboxylic acids is 2. The molecule has 2 aliphatic rings. The van der Waals surface area contributed by atoms with Crippen molar-refractivity contribution in [1.82, 2.24) is 29.3 Å². The van der Waals surface area contributed by atoms with Crippen molar-refractivity contribution in [1.29, 1.82) is 0 Å². The molecule has 0 spiro atoms. The number of ether oxygens (including phenoxy) is 3. The summed E-state index contributed by atoms with van der Waals surface area (Å²) in [5, 5.41) is 4.00. The molecule has 2 saturated heterocycles. The largest absolute Gasteiger partial charge is 0.444 e. The van der Waals surface area contributed by atoms with Gasteiger partial charge in [0, 0.05) is 72.4 Å². The van der Waals surface area contributed by atoms with Crippen LogP contribution in [-0.4, -0.2) is 121 Å². The van der Waals surface area contributed by atoms with E-state index in [1.165, 1.54) is 0 Å². The van der Waals surface area contributed by atoms with Crippen molar-refractivity contribution in [2.24, 2.45) is 0 Å². The molecular weight excluding hydrogens is 689 g/mol. The number of benzene rings is 1. The second kappa shape index (κ2) is 16.7. The number of carbonyl (C=O) groups is 2. The highest BCUT2D eigenvalue weighted by molar-refractivity contribution is 6.76. The van der Waals surface area contributed by atoms with Gasteiger partial charge in [0.2, 0.25) is 0 Å². The lowest BCUT2D eigenvalue weighted by molar-refractivity contribution is 0.0146. The minimum atomic E-state index is -1.25. The lowest BCUT2D eigenvalue weighted by atomic mass is 10.1. The number of hydrogen-bond donors (Lipinski definition) is 1. The van der Waals surface area contributed by atoms with E-state index in [4.69, 9.17) is 19.2 Å². The quantitative estimate of drug-likeness (QED) is 0.137. The van der Waals surface area contributed by atoms with Gasteiger partial charge in [-0.05, 0) is 74.7 Å². The van der Waals surface area contributed by atoms with Gasteiger partial charge in [-0.25, -0.2) is 14.8 Å². The highest BCUT2D eigenvalue weighted by atomic mass is 28.3. The zero-order valence-corrected chi connectivity index (χ0v) is 33.1. The fraction of sp³-hybridized carbons (Fsp3) is 0.513. The molecule has 2 aliphatic heterocycles. The maximum atomic E-state index is 13.3. The Balaban J connectivity index is 1.10. The van der Waals surface area contributed by atoms with E-state index in [1.54, 1.807) is 17.4 Å². The third kappa shape index (κ3) is 10.4. The summed E-state index contributed by atoms with van der Waals surface area (Å²) in [6.07, 6.45) is 3.83. The first-order chi connectivity index (χ1) is 25.3. The second-order valence-corrected chi connectivity index (χ2v) is 21.6. The Kier molecular flexibility index (Phi) is 12.1. The lowest BCUT2D eigenvalue weighted by Crippen LogP contribution is -2.50. The van der Waals surface area contributed by atoms with Crippen molar-refractivity contribution in [3.05, 3.63) is 66.2 Å². The molecule has 1 aromatic carbocycles. The fourth-order valence-corrected chi connectivity index (χ4v) is 7.18. The van der Waals surface area contributed by atoms with Crippen molar-refractivity contribution in [2.45, 2.75) is 65.2 Å². The molecule has 0 unspecified atom stereocenters. The van der Waals surface area contributed by atoms with E-state index in [0.717, 1.165) is 78.9 Å². The molecule has 0 saturated carbocycles. The van der Waals surface area contributed by atoms with Crippen LogP contribution in [0.4, 0.5) is 16.3 Å². The van der Waals surface area contributed by atoms with Crippen LogP contribution >= 0.6 is 0 Å². The molecule has 5 heterocycles. The summed E-state index contributed by atoms with van der Waals surface area (Å²) in [7, 11) is -1.25. The predicted octanol–water partition coefficient (Wildman–Crippen LogP) is 5.99. The number of pyridine rings is 1. The van der Waals surface area contributed by atoms with Gasteiger partial charge in [0.25, 0.3) is 5.91 Å². The van der Waals surface area contributed by atoms with Gasteiger partial charge in [-0.1, -0.05) is 31.8 Å². The molecule has 0 atom stereocenters. The van der Waals surface area contributed by atoms with Gasteiger partial charge < -0.3 is 33.9 Å². The van der Waals surface area contributed by atoms with E-state index in [9.17, 15) is 9.59 Å². The maximum absolute atomic E-state index is 13.3. The van der Waals surface area contributed by atoms with Crippen LogP contribution in [-0.2, 0) is 27.4 Å². The maximum Gasteiger partial charge on any atom is 0.410 e. The zero-order valence-electron chi connectivity index (χ0n) is 32.1. The molecule has 1 N–H and O–H groups in total. The Morgan fingerprint density at radius 1 is 0.925 bits per heavy atom. The van der Waals surface area contributed by atoms with Crippen LogP contribution in [0.2, 0.25) is 25.7 Å². The summed E-state index contributed by atoms with van der Waals surface area (Å²) in [6, 6.07) is 14.9. The van der Waals surface area contributed by atoms with Gasteiger partial charge in [-0.15, -0.1) is 0 Å². The van der Waals surface area contributed by atoms with Gasteiger partial charge in [-0.3, -0.25) is 14.7 Å². The Morgan fingerprint density at radius 3 is 2.36 bits per heavy atom. The van der Waals surface area contributed by atoms with Crippen LogP contribution in [0.1, 0.15) is 36.8 Å². The SMILES string of the molecule is CC(C)(C)OC(=O)N1CCN(CCc2ccnc(C(=O)Nc3ccc(-c4cc5c(N6CCOCC6)ncnc5n4COCC[Si](C)(C)C)cc3)c2)CC1. The van der Waals surface area contributed by atoms with Crippen molar-refractivity contribution in [2.75, 3.05) is 75.9 Å². The van der Waals surface area contributed by atoms with E-state index in [0.29, 0.717) is 51.0 Å². The average Bonchev–Trinajstić information content (AvgIpc) is 3.51. The second-order valence-electron chi connectivity index (χ2n) is 16.0. The summed E-state index contributed by atoms with van der Waals surface area (Å²) in [6.45, 7) is 20.3. The van der Waals surface area contributed by atoms with Crippen LogP contribution in [0.3, 0.4) is 0 Å². The molecular formula is C39H54N8O5Si. The highest BCUT2D eigenvalue weighted by Gasteiger charge is 2.26. The van der Waals surface area contributed by atoms with Crippen molar-refractivity contribution in [3.8, 4) is 11.3 Å². The first-order valence-corrected chi connectivity index (χ1v) is 22.4. The Hall–Kier alpha value is -4.37. The van der Waals surface area contributed by atoms with Crippen LogP contribution in [0.5, 0.6) is 0 Å². The van der Waals surface area contributed by atoms with Crippen LogP contribution in [0, 0.1) is 0 Å². The Bertz CT molecular complexity index is 1860. The third-order valence-electron chi connectivity index (χ3n) is 9.43. The molecule has 6 rings (SSSR count). The normalized spacial score (nSPS) is 15.9. The molecule has 53 heavy (non-hydrogen) atoms. The van der Waals surface area contributed by atoms with Gasteiger partial charge in [0.15, 0.2) is 0 Å². The molecule has 4 aromatic rings. The third-order valence-corrected chi connectivity index (χ3v) is 11.1. The van der Waals surface area contributed by atoms with E-state index < -0.39 is 13.7 Å². The van der Waals surface area contributed by atoms with Crippen molar-refractivity contribution in [3.63, 3.8) is 0 Å². The number of nitrogens with one attached hydrogen (secondary N) is 1. The summed E-state index contributed by atoms with van der Waals surface area (Å²) in [5.41, 5.74) is 4.36. The Morgan fingerprint density at radius 2 is 1.66 bits per heavy atom. The minimum Gasteiger partial charge on any atom is -0.444 e. The average molecular weight is 743 g/mol. The Labute approximate surface area is 313 Å². The highest BCUT2D eigenvalue weighted by Crippen LogP contribution is 2.33. The van der Waals surface area contributed by atoms with Crippen molar-refractivity contribution < 1.29 is 23.8 Å². The molecule has 2 amide bonds.